The van der Waals surface area contributed by atoms with E-state index in [1.54, 1.807) is 23.6 Å². The zero-order valence-electron chi connectivity index (χ0n) is 16.4. The number of aryl methyl sites for hydroxylation is 1. The molecular formula is C22H18F3N3O2S. The van der Waals surface area contributed by atoms with Gasteiger partial charge in [-0.15, -0.1) is 11.3 Å². The van der Waals surface area contributed by atoms with Crippen LogP contribution in [0, 0.1) is 5.92 Å². The van der Waals surface area contributed by atoms with Gasteiger partial charge in [-0.3, -0.25) is 0 Å². The van der Waals surface area contributed by atoms with Crippen LogP contribution in [0.15, 0.2) is 59.0 Å². The van der Waals surface area contributed by atoms with E-state index in [0.717, 1.165) is 22.5 Å². The fraction of sp³-hybridized carbons (Fsp3) is 0.273. The second-order valence-electron chi connectivity index (χ2n) is 7.52. The molecule has 0 radical (unpaired) electrons. The summed E-state index contributed by atoms with van der Waals surface area (Å²) < 4.78 is 48.0. The molecule has 9 heteroatoms. The van der Waals surface area contributed by atoms with E-state index < -0.39 is 17.8 Å². The molecule has 5 rings (SSSR count). The van der Waals surface area contributed by atoms with E-state index in [1.165, 1.54) is 7.11 Å². The zero-order chi connectivity index (χ0) is 21.8. The molecular weight excluding hydrogens is 427 g/mol. The van der Waals surface area contributed by atoms with E-state index in [2.05, 4.69) is 10.1 Å². The third kappa shape index (κ3) is 3.02. The Morgan fingerprint density at radius 3 is 2.68 bits per heavy atom. The minimum Gasteiger partial charge on any atom is -0.497 e. The Morgan fingerprint density at radius 1 is 1.19 bits per heavy atom. The fourth-order valence-corrected chi connectivity index (χ4v) is 5.07. The Morgan fingerprint density at radius 2 is 1.97 bits per heavy atom. The number of methoxy groups -OCH3 is 1. The lowest BCUT2D eigenvalue weighted by atomic mass is 9.77. The lowest BCUT2D eigenvalue weighted by Crippen LogP contribution is -2.60. The zero-order valence-corrected chi connectivity index (χ0v) is 17.2. The molecule has 1 N–H and O–H groups in total. The molecule has 5 nitrogen and oxygen atoms in total. The molecule has 2 heterocycles. The maximum Gasteiger partial charge on any atom is 0.439 e. The summed E-state index contributed by atoms with van der Waals surface area (Å²) in [5.41, 5.74) is -0.175. The van der Waals surface area contributed by atoms with Crippen LogP contribution in [0.4, 0.5) is 18.3 Å². The van der Waals surface area contributed by atoms with Crippen LogP contribution in [0.25, 0.3) is 11.3 Å². The van der Waals surface area contributed by atoms with Gasteiger partial charge in [0.05, 0.1) is 24.4 Å². The number of hydrazone groups is 1. The quantitative estimate of drug-likeness (QED) is 0.626. The predicted molar refractivity (Wildman–Crippen MR) is 112 cm³/mol. The van der Waals surface area contributed by atoms with Crippen LogP contribution in [0.3, 0.4) is 0 Å². The minimum atomic E-state index is -4.93. The van der Waals surface area contributed by atoms with Crippen molar-refractivity contribution in [1.29, 1.82) is 0 Å². The second-order valence-corrected chi connectivity index (χ2v) is 8.35. The highest BCUT2D eigenvalue weighted by molar-refractivity contribution is 7.14. The Balaban J connectivity index is 1.62. The number of alkyl halides is 3. The number of anilines is 1. The summed E-state index contributed by atoms with van der Waals surface area (Å²) in [6, 6.07) is 14.4. The first kappa shape index (κ1) is 20.0. The number of aromatic nitrogens is 1. The summed E-state index contributed by atoms with van der Waals surface area (Å²) in [6.45, 7) is 0. The van der Waals surface area contributed by atoms with E-state index in [4.69, 9.17) is 4.74 Å². The summed E-state index contributed by atoms with van der Waals surface area (Å²) in [6.07, 6.45) is -4.43. The number of ether oxygens (including phenoxy) is 1. The van der Waals surface area contributed by atoms with Gasteiger partial charge in [0.1, 0.15) is 5.75 Å². The Kier molecular flexibility index (Phi) is 4.56. The van der Waals surface area contributed by atoms with Crippen molar-refractivity contribution in [3.05, 3.63) is 65.0 Å². The molecule has 0 spiro atoms. The molecule has 2 aliphatic rings. The molecule has 0 amide bonds. The summed E-state index contributed by atoms with van der Waals surface area (Å²) in [4.78, 5) is 4.37. The van der Waals surface area contributed by atoms with Crippen molar-refractivity contribution < 1.29 is 23.0 Å². The Bertz CT molecular complexity index is 1160. The van der Waals surface area contributed by atoms with Crippen LogP contribution >= 0.6 is 11.3 Å². The van der Waals surface area contributed by atoms with E-state index in [9.17, 15) is 18.3 Å². The lowest BCUT2D eigenvalue weighted by molar-refractivity contribution is -0.268. The molecule has 1 aliphatic carbocycles. The smallest absolute Gasteiger partial charge is 0.439 e. The molecule has 2 unspecified atom stereocenters. The van der Waals surface area contributed by atoms with E-state index in [1.807, 2.05) is 30.3 Å². The number of fused-ring (bicyclic) bond motifs is 3. The van der Waals surface area contributed by atoms with Gasteiger partial charge in [-0.25, -0.2) is 4.98 Å². The van der Waals surface area contributed by atoms with E-state index in [0.29, 0.717) is 28.4 Å². The number of thiazole rings is 1. The fourth-order valence-electron chi connectivity index (χ4n) is 4.23. The first-order valence-corrected chi connectivity index (χ1v) is 10.6. The van der Waals surface area contributed by atoms with Crippen LogP contribution in [0.1, 0.15) is 17.5 Å². The van der Waals surface area contributed by atoms with Crippen molar-refractivity contribution in [2.45, 2.75) is 24.7 Å². The molecule has 2 aromatic carbocycles. The highest BCUT2D eigenvalue weighted by atomic mass is 32.1. The average Bonchev–Trinajstić information content (AvgIpc) is 3.37. The van der Waals surface area contributed by atoms with Crippen LogP contribution < -0.4 is 9.75 Å². The van der Waals surface area contributed by atoms with Gasteiger partial charge in [0.15, 0.2) is 0 Å². The number of rotatable bonds is 3. The van der Waals surface area contributed by atoms with Gasteiger partial charge in [0, 0.05) is 16.5 Å². The first-order chi connectivity index (χ1) is 14.8. The number of benzene rings is 2. The Hall–Kier alpha value is -2.91. The molecule has 31 heavy (non-hydrogen) atoms. The van der Waals surface area contributed by atoms with Crippen LogP contribution in [-0.4, -0.2) is 34.8 Å². The van der Waals surface area contributed by atoms with Gasteiger partial charge in [0.25, 0.3) is 5.72 Å². The van der Waals surface area contributed by atoms with E-state index >= 15 is 0 Å². The maximum absolute atomic E-state index is 14.3. The Labute approximate surface area is 180 Å². The third-order valence-electron chi connectivity index (χ3n) is 5.80. The number of halogens is 3. The highest BCUT2D eigenvalue weighted by Gasteiger charge is 2.68. The van der Waals surface area contributed by atoms with Gasteiger partial charge < -0.3 is 9.84 Å². The van der Waals surface area contributed by atoms with Crippen molar-refractivity contribution in [3.8, 4) is 17.0 Å². The normalized spacial score (nSPS) is 22.7. The average molecular weight is 445 g/mol. The van der Waals surface area contributed by atoms with Gasteiger partial charge in [-0.05, 0) is 36.6 Å². The number of aliphatic hydroxyl groups is 1. The molecule has 1 aromatic heterocycles. The molecule has 0 saturated heterocycles. The van der Waals surface area contributed by atoms with Crippen LogP contribution in [0.5, 0.6) is 5.75 Å². The standard InChI is InChI=1S/C22H18F3N3O2S/c1-30-15-8-9-16-14(11-15)7-10-17-19(16)27-28(21(17,29)22(23,24)25)20-26-18(12-31-20)13-5-3-2-4-6-13/h2-6,8-9,11-12,17,29H,7,10H2,1H3. The SMILES string of the molecule is COc1ccc2c(c1)CCC1C2=NN(c2nc(-c3ccccc3)cs2)C1(O)C(F)(F)F. The first-order valence-electron chi connectivity index (χ1n) is 9.69. The predicted octanol–water partition coefficient (Wildman–Crippen LogP) is 4.86. The van der Waals surface area contributed by atoms with Crippen molar-refractivity contribution in [1.82, 2.24) is 4.98 Å². The number of nitrogens with zero attached hydrogens (tertiary/aromatic N) is 3. The second kappa shape index (κ2) is 7.06. The van der Waals surface area contributed by atoms with Crippen LogP contribution in [-0.2, 0) is 6.42 Å². The monoisotopic (exact) mass is 445 g/mol. The van der Waals surface area contributed by atoms with Gasteiger partial charge in [-0.2, -0.15) is 23.3 Å². The number of hydrogen-bond donors (Lipinski definition) is 1. The topological polar surface area (TPSA) is 58.0 Å². The summed E-state index contributed by atoms with van der Waals surface area (Å²) >= 11 is 1.02. The van der Waals surface area contributed by atoms with Gasteiger partial charge >= 0.3 is 6.18 Å². The van der Waals surface area contributed by atoms with Gasteiger partial charge in [0.2, 0.25) is 5.13 Å². The molecule has 2 atom stereocenters. The largest absolute Gasteiger partial charge is 0.497 e. The van der Waals surface area contributed by atoms with Crippen molar-refractivity contribution in [2.24, 2.45) is 11.0 Å². The summed E-state index contributed by atoms with van der Waals surface area (Å²) in [5.74, 6) is -0.580. The summed E-state index contributed by atoms with van der Waals surface area (Å²) in [7, 11) is 1.54. The van der Waals surface area contributed by atoms with E-state index in [-0.39, 0.29) is 17.3 Å². The van der Waals surface area contributed by atoms with Crippen molar-refractivity contribution in [3.63, 3.8) is 0 Å². The lowest BCUT2D eigenvalue weighted by Gasteiger charge is -2.38. The molecule has 1 aliphatic heterocycles. The molecule has 160 valence electrons. The third-order valence-corrected chi connectivity index (χ3v) is 6.61. The van der Waals surface area contributed by atoms with Crippen molar-refractivity contribution in [2.75, 3.05) is 12.1 Å². The molecule has 3 aromatic rings. The summed E-state index contributed by atoms with van der Waals surface area (Å²) in [5, 5.41) is 17.7. The van der Waals surface area contributed by atoms with Crippen LogP contribution in [0.2, 0.25) is 0 Å². The molecule has 0 bridgehead atoms. The maximum atomic E-state index is 14.3. The molecule has 0 saturated carbocycles. The highest BCUT2D eigenvalue weighted by Crippen LogP contribution is 2.51. The van der Waals surface area contributed by atoms with Gasteiger partial charge in [-0.1, -0.05) is 30.3 Å². The van der Waals surface area contributed by atoms with Crippen molar-refractivity contribution >= 4 is 22.2 Å². The molecule has 0 fully saturated rings. The number of hydrogen-bond acceptors (Lipinski definition) is 6. The minimum absolute atomic E-state index is 0.00404.